The monoisotopic (exact) mass is 445 g/mol. The van der Waals surface area contributed by atoms with Crippen molar-refractivity contribution in [1.82, 2.24) is 14.9 Å². The van der Waals surface area contributed by atoms with E-state index < -0.39 is 5.97 Å². The Labute approximate surface area is 193 Å². The van der Waals surface area contributed by atoms with Crippen molar-refractivity contribution >= 4 is 27.8 Å². The van der Waals surface area contributed by atoms with Gasteiger partial charge in [0.25, 0.3) is 0 Å². The van der Waals surface area contributed by atoms with Gasteiger partial charge in [-0.1, -0.05) is 6.07 Å². The predicted octanol–water partition coefficient (Wildman–Crippen LogP) is 5.56. The van der Waals surface area contributed by atoms with Crippen molar-refractivity contribution in [3.05, 3.63) is 65.5 Å². The first kappa shape index (κ1) is 21.6. The van der Waals surface area contributed by atoms with Crippen molar-refractivity contribution in [3.8, 4) is 5.75 Å². The number of aromatic carboxylic acids is 1. The summed E-state index contributed by atoms with van der Waals surface area (Å²) in [5, 5.41) is 11.4. The van der Waals surface area contributed by atoms with Crippen molar-refractivity contribution in [1.29, 1.82) is 0 Å². The highest BCUT2D eigenvalue weighted by atomic mass is 16.5. The van der Waals surface area contributed by atoms with Crippen LogP contribution >= 0.6 is 0 Å². The quantitative estimate of drug-likeness (QED) is 0.310. The first-order chi connectivity index (χ1) is 16.1. The standard InChI is InChI=1S/C27H31N3O3/c1-33-25-7-4-6-23-26(25)20(17-28-23)5-2-3-12-30-13-10-18(11-14-30)24-16-21-15-19(27(31)32)8-9-22(21)29-24/h4,6-9,15-18,28-29H,2-3,5,10-14H2,1H3,(H,31,32). The number of likely N-dealkylation sites (tertiary alicyclic amines) is 1. The third-order valence-corrected chi connectivity index (χ3v) is 7.06. The molecule has 0 spiro atoms. The van der Waals surface area contributed by atoms with Gasteiger partial charge in [-0.25, -0.2) is 4.79 Å². The molecule has 0 amide bonds. The summed E-state index contributed by atoms with van der Waals surface area (Å²) in [6.07, 6.45) is 7.81. The van der Waals surface area contributed by atoms with E-state index in [1.807, 2.05) is 18.2 Å². The molecule has 3 heterocycles. The SMILES string of the molecule is COc1cccc2[nH]cc(CCCCN3CCC(c4cc5cc(C(=O)O)ccc5[nH]4)CC3)c12. The van der Waals surface area contributed by atoms with Crippen LogP contribution in [-0.2, 0) is 6.42 Å². The molecule has 5 rings (SSSR count). The maximum atomic E-state index is 11.2. The number of hydrogen-bond acceptors (Lipinski definition) is 3. The number of aryl methyl sites for hydroxylation is 1. The van der Waals surface area contributed by atoms with Crippen molar-refractivity contribution in [2.45, 2.75) is 38.0 Å². The van der Waals surface area contributed by atoms with Crippen LogP contribution in [0.25, 0.3) is 21.8 Å². The molecule has 0 unspecified atom stereocenters. The van der Waals surface area contributed by atoms with Crippen LogP contribution in [0, 0.1) is 0 Å². The second kappa shape index (κ2) is 9.32. The van der Waals surface area contributed by atoms with Crippen LogP contribution in [0.5, 0.6) is 5.75 Å². The van der Waals surface area contributed by atoms with Gasteiger partial charge in [0.05, 0.1) is 12.7 Å². The van der Waals surface area contributed by atoms with Crippen molar-refractivity contribution in [3.63, 3.8) is 0 Å². The van der Waals surface area contributed by atoms with Crippen LogP contribution in [-0.4, -0.2) is 52.7 Å². The van der Waals surface area contributed by atoms with Gasteiger partial charge in [0, 0.05) is 39.6 Å². The normalized spacial score (nSPS) is 15.4. The predicted molar refractivity (Wildman–Crippen MR) is 131 cm³/mol. The number of piperidine rings is 1. The average Bonchev–Trinajstić information content (AvgIpc) is 3.46. The Bertz CT molecular complexity index is 1260. The number of nitrogens with one attached hydrogen (secondary N) is 2. The molecule has 0 atom stereocenters. The fourth-order valence-corrected chi connectivity index (χ4v) is 5.21. The Morgan fingerprint density at radius 3 is 2.76 bits per heavy atom. The Kier molecular flexibility index (Phi) is 6.09. The summed E-state index contributed by atoms with van der Waals surface area (Å²) < 4.78 is 5.55. The minimum absolute atomic E-state index is 0.342. The highest BCUT2D eigenvalue weighted by Crippen LogP contribution is 2.31. The number of nitrogens with zero attached hydrogens (tertiary/aromatic N) is 1. The Morgan fingerprint density at radius 1 is 1.12 bits per heavy atom. The van der Waals surface area contributed by atoms with Gasteiger partial charge in [-0.05, 0) is 93.7 Å². The molecule has 33 heavy (non-hydrogen) atoms. The number of carboxylic acid groups (broad SMARTS) is 1. The zero-order valence-electron chi connectivity index (χ0n) is 19.1. The van der Waals surface area contributed by atoms with Gasteiger partial charge in [0.2, 0.25) is 0 Å². The molecule has 0 aliphatic carbocycles. The maximum absolute atomic E-state index is 11.2. The summed E-state index contributed by atoms with van der Waals surface area (Å²) in [6, 6.07) is 13.6. The summed E-state index contributed by atoms with van der Waals surface area (Å²) in [7, 11) is 1.73. The third-order valence-electron chi connectivity index (χ3n) is 7.06. The van der Waals surface area contributed by atoms with Crippen LogP contribution in [0.3, 0.4) is 0 Å². The summed E-state index contributed by atoms with van der Waals surface area (Å²) >= 11 is 0. The number of fused-ring (bicyclic) bond motifs is 2. The van der Waals surface area contributed by atoms with Gasteiger partial charge in [-0.3, -0.25) is 0 Å². The largest absolute Gasteiger partial charge is 0.496 e. The van der Waals surface area contributed by atoms with Gasteiger partial charge in [-0.15, -0.1) is 0 Å². The van der Waals surface area contributed by atoms with E-state index in [2.05, 4.69) is 33.2 Å². The molecule has 6 nitrogen and oxygen atoms in total. The summed E-state index contributed by atoms with van der Waals surface area (Å²) in [6.45, 7) is 3.36. The molecule has 0 bridgehead atoms. The minimum atomic E-state index is -0.878. The number of carbonyl (C=O) groups is 1. The zero-order chi connectivity index (χ0) is 22.8. The lowest BCUT2D eigenvalue weighted by Crippen LogP contribution is -2.33. The van der Waals surface area contributed by atoms with E-state index in [1.54, 1.807) is 19.2 Å². The van der Waals surface area contributed by atoms with E-state index in [0.717, 1.165) is 61.1 Å². The van der Waals surface area contributed by atoms with Crippen LogP contribution in [0.1, 0.15) is 53.2 Å². The molecule has 2 aromatic carbocycles. The number of rotatable bonds is 8. The second-order valence-electron chi connectivity index (χ2n) is 9.10. The molecule has 3 N–H and O–H groups in total. The van der Waals surface area contributed by atoms with Crippen molar-refractivity contribution in [2.24, 2.45) is 0 Å². The fraction of sp³-hybridized carbons (Fsp3) is 0.370. The third kappa shape index (κ3) is 4.48. The lowest BCUT2D eigenvalue weighted by atomic mass is 9.93. The van der Waals surface area contributed by atoms with Gasteiger partial charge in [0.1, 0.15) is 5.75 Å². The second-order valence-corrected chi connectivity index (χ2v) is 9.10. The molecule has 0 saturated carbocycles. The first-order valence-corrected chi connectivity index (χ1v) is 11.8. The molecule has 1 saturated heterocycles. The summed E-state index contributed by atoms with van der Waals surface area (Å²) in [5.74, 6) is 0.583. The topological polar surface area (TPSA) is 81.3 Å². The van der Waals surface area contributed by atoms with Crippen LogP contribution in [0.2, 0.25) is 0 Å². The van der Waals surface area contributed by atoms with Crippen LogP contribution < -0.4 is 4.74 Å². The van der Waals surface area contributed by atoms with E-state index in [0.29, 0.717) is 11.5 Å². The van der Waals surface area contributed by atoms with E-state index >= 15 is 0 Å². The number of aromatic amines is 2. The fourth-order valence-electron chi connectivity index (χ4n) is 5.21. The molecule has 1 fully saturated rings. The number of ether oxygens (including phenoxy) is 1. The smallest absolute Gasteiger partial charge is 0.335 e. The highest BCUT2D eigenvalue weighted by Gasteiger charge is 2.22. The Morgan fingerprint density at radius 2 is 1.97 bits per heavy atom. The zero-order valence-corrected chi connectivity index (χ0v) is 19.1. The number of hydrogen-bond donors (Lipinski definition) is 3. The molecule has 0 radical (unpaired) electrons. The Balaban J connectivity index is 1.11. The van der Waals surface area contributed by atoms with Gasteiger partial charge < -0.3 is 24.7 Å². The number of H-pyrrole nitrogens is 2. The minimum Gasteiger partial charge on any atom is -0.496 e. The molecule has 172 valence electrons. The lowest BCUT2D eigenvalue weighted by molar-refractivity contribution is 0.0697. The van der Waals surface area contributed by atoms with E-state index in [4.69, 9.17) is 4.74 Å². The van der Waals surface area contributed by atoms with E-state index in [9.17, 15) is 9.90 Å². The number of benzene rings is 2. The van der Waals surface area contributed by atoms with Crippen LogP contribution in [0.4, 0.5) is 0 Å². The number of carboxylic acids is 1. The highest BCUT2D eigenvalue weighted by molar-refractivity contribution is 5.93. The van der Waals surface area contributed by atoms with E-state index in [1.165, 1.54) is 29.5 Å². The van der Waals surface area contributed by atoms with Crippen molar-refractivity contribution < 1.29 is 14.6 Å². The van der Waals surface area contributed by atoms with E-state index in [-0.39, 0.29) is 0 Å². The molecule has 4 aromatic rings. The molecule has 1 aliphatic rings. The van der Waals surface area contributed by atoms with Crippen LogP contribution in [0.15, 0.2) is 48.7 Å². The molecule has 1 aliphatic heterocycles. The number of unbranched alkanes of at least 4 members (excludes halogenated alkanes) is 1. The average molecular weight is 446 g/mol. The summed E-state index contributed by atoms with van der Waals surface area (Å²) in [4.78, 5) is 20.7. The first-order valence-electron chi connectivity index (χ1n) is 11.8. The van der Waals surface area contributed by atoms with Gasteiger partial charge >= 0.3 is 5.97 Å². The Hall–Kier alpha value is -3.25. The maximum Gasteiger partial charge on any atom is 0.335 e. The molecular formula is C27H31N3O3. The molecular weight excluding hydrogens is 414 g/mol. The van der Waals surface area contributed by atoms with Gasteiger partial charge in [0.15, 0.2) is 0 Å². The molecule has 6 heteroatoms. The van der Waals surface area contributed by atoms with Gasteiger partial charge in [-0.2, -0.15) is 0 Å². The lowest BCUT2D eigenvalue weighted by Gasteiger charge is -2.31. The number of aromatic nitrogens is 2. The molecule has 2 aromatic heterocycles. The van der Waals surface area contributed by atoms with Crippen molar-refractivity contribution in [2.75, 3.05) is 26.7 Å². The number of methoxy groups -OCH3 is 1. The summed E-state index contributed by atoms with van der Waals surface area (Å²) in [5.41, 5.74) is 5.08.